The van der Waals surface area contributed by atoms with Crippen molar-refractivity contribution in [2.45, 2.75) is 13.3 Å². The fourth-order valence-corrected chi connectivity index (χ4v) is 2.25. The maximum Gasteiger partial charge on any atom is 0.337 e. The van der Waals surface area contributed by atoms with Crippen molar-refractivity contribution in [2.24, 2.45) is 0 Å². The molecule has 0 atom stereocenters. The molecule has 0 aliphatic carbocycles. The molecule has 0 saturated heterocycles. The summed E-state index contributed by atoms with van der Waals surface area (Å²) in [5.74, 6) is -0.913. The molecule has 0 saturated carbocycles. The van der Waals surface area contributed by atoms with Gasteiger partial charge in [-0.05, 0) is 18.6 Å². The van der Waals surface area contributed by atoms with E-state index in [0.717, 1.165) is 16.1 Å². The van der Waals surface area contributed by atoms with Crippen LogP contribution in [0.1, 0.15) is 22.3 Å². The van der Waals surface area contributed by atoms with Crippen LogP contribution in [0.25, 0.3) is 10.2 Å². The molecule has 1 N–H and O–H groups in total. The van der Waals surface area contributed by atoms with Crippen molar-refractivity contribution >= 4 is 27.5 Å². The third-order valence-electron chi connectivity index (χ3n) is 2.00. The van der Waals surface area contributed by atoms with Gasteiger partial charge < -0.3 is 5.11 Å². The lowest BCUT2D eigenvalue weighted by atomic mass is 10.2. The van der Waals surface area contributed by atoms with Crippen LogP contribution >= 0.6 is 11.3 Å². The van der Waals surface area contributed by atoms with E-state index in [-0.39, 0.29) is 0 Å². The van der Waals surface area contributed by atoms with Gasteiger partial charge in [0.2, 0.25) is 0 Å². The molecule has 4 heteroatoms. The van der Waals surface area contributed by atoms with Gasteiger partial charge in [-0.25, -0.2) is 9.78 Å². The highest BCUT2D eigenvalue weighted by Crippen LogP contribution is 2.25. The average molecular weight is 207 g/mol. The summed E-state index contributed by atoms with van der Waals surface area (Å²) in [5.41, 5.74) is 0.903. The molecule has 1 heterocycles. The Balaban J connectivity index is 2.73. The van der Waals surface area contributed by atoms with E-state index in [4.69, 9.17) is 5.11 Å². The maximum atomic E-state index is 10.9. The standard InChI is InChI=1S/C10H9NO2S/c1-2-8-11-9-6(10(12)13)4-3-5-7(9)14-8/h3-5H,2H2,1H3,(H,12,13). The molecular weight excluding hydrogens is 198 g/mol. The van der Waals surface area contributed by atoms with E-state index >= 15 is 0 Å². The SMILES string of the molecule is CCc1nc2c(C(=O)O)cccc2s1. The minimum atomic E-state index is -0.913. The first-order valence-corrected chi connectivity index (χ1v) is 5.15. The van der Waals surface area contributed by atoms with E-state index < -0.39 is 5.97 Å². The Morgan fingerprint density at radius 1 is 1.57 bits per heavy atom. The Kier molecular flexibility index (Phi) is 2.21. The highest BCUT2D eigenvalue weighted by atomic mass is 32.1. The number of benzene rings is 1. The van der Waals surface area contributed by atoms with Crippen LogP contribution in [0.4, 0.5) is 0 Å². The summed E-state index contributed by atoms with van der Waals surface area (Å²) in [7, 11) is 0. The van der Waals surface area contributed by atoms with Crippen LogP contribution in [0, 0.1) is 0 Å². The summed E-state index contributed by atoms with van der Waals surface area (Å²) >= 11 is 1.55. The molecule has 0 unspecified atom stereocenters. The minimum Gasteiger partial charge on any atom is -0.478 e. The van der Waals surface area contributed by atoms with E-state index in [1.165, 1.54) is 0 Å². The molecule has 2 rings (SSSR count). The second-order valence-corrected chi connectivity index (χ2v) is 4.03. The molecule has 0 radical (unpaired) electrons. The van der Waals surface area contributed by atoms with Crippen molar-refractivity contribution in [3.8, 4) is 0 Å². The van der Waals surface area contributed by atoms with Gasteiger partial charge in [-0.1, -0.05) is 13.0 Å². The van der Waals surface area contributed by atoms with Crippen molar-refractivity contribution in [2.75, 3.05) is 0 Å². The summed E-state index contributed by atoms with van der Waals surface area (Å²) in [6.45, 7) is 2.01. The molecule has 0 aliphatic rings. The normalized spacial score (nSPS) is 10.6. The van der Waals surface area contributed by atoms with Gasteiger partial charge in [-0.3, -0.25) is 0 Å². The Labute approximate surface area is 85.0 Å². The largest absolute Gasteiger partial charge is 0.478 e. The maximum absolute atomic E-state index is 10.9. The van der Waals surface area contributed by atoms with Gasteiger partial charge in [0.05, 0.1) is 20.8 Å². The molecule has 2 aromatic rings. The smallest absolute Gasteiger partial charge is 0.337 e. The number of aromatic nitrogens is 1. The Morgan fingerprint density at radius 3 is 3.00 bits per heavy atom. The topological polar surface area (TPSA) is 50.2 Å². The quantitative estimate of drug-likeness (QED) is 0.823. The van der Waals surface area contributed by atoms with Crippen LogP contribution in [-0.2, 0) is 6.42 Å². The summed E-state index contributed by atoms with van der Waals surface area (Å²) in [5, 5.41) is 9.91. The second kappa shape index (κ2) is 3.38. The highest BCUT2D eigenvalue weighted by molar-refractivity contribution is 7.18. The molecular formula is C10H9NO2S. The molecule has 0 aliphatic heterocycles. The molecule has 1 aromatic carbocycles. The number of rotatable bonds is 2. The van der Waals surface area contributed by atoms with E-state index in [0.29, 0.717) is 11.1 Å². The predicted molar refractivity (Wildman–Crippen MR) is 56.0 cm³/mol. The number of hydrogen-bond donors (Lipinski definition) is 1. The zero-order valence-electron chi connectivity index (χ0n) is 7.65. The molecule has 0 amide bonds. The number of fused-ring (bicyclic) bond motifs is 1. The number of para-hydroxylation sites is 1. The lowest BCUT2D eigenvalue weighted by Gasteiger charge is -1.93. The first kappa shape index (κ1) is 9.15. The van der Waals surface area contributed by atoms with Crippen LogP contribution < -0.4 is 0 Å². The van der Waals surface area contributed by atoms with Crippen LogP contribution in [0.15, 0.2) is 18.2 Å². The van der Waals surface area contributed by atoms with Gasteiger partial charge in [0.15, 0.2) is 0 Å². The number of aromatic carboxylic acids is 1. The van der Waals surface area contributed by atoms with Crippen molar-refractivity contribution in [1.82, 2.24) is 4.98 Å². The summed E-state index contributed by atoms with van der Waals surface area (Å²) < 4.78 is 0.946. The van der Waals surface area contributed by atoms with Crippen molar-refractivity contribution in [3.63, 3.8) is 0 Å². The number of carbonyl (C=O) groups is 1. The van der Waals surface area contributed by atoms with Crippen molar-refractivity contribution in [1.29, 1.82) is 0 Å². The lowest BCUT2D eigenvalue weighted by Crippen LogP contribution is -1.96. The van der Waals surface area contributed by atoms with Crippen LogP contribution in [0.3, 0.4) is 0 Å². The second-order valence-electron chi connectivity index (χ2n) is 2.92. The molecule has 1 aromatic heterocycles. The van der Waals surface area contributed by atoms with Gasteiger partial charge in [-0.2, -0.15) is 0 Å². The lowest BCUT2D eigenvalue weighted by molar-refractivity contribution is 0.0699. The van der Waals surface area contributed by atoms with E-state index in [9.17, 15) is 4.79 Å². The van der Waals surface area contributed by atoms with Crippen LogP contribution in [0.2, 0.25) is 0 Å². The monoisotopic (exact) mass is 207 g/mol. The van der Waals surface area contributed by atoms with Gasteiger partial charge in [0.1, 0.15) is 0 Å². The summed E-state index contributed by atoms with van der Waals surface area (Å²) in [6, 6.07) is 5.24. The summed E-state index contributed by atoms with van der Waals surface area (Å²) in [4.78, 5) is 15.2. The zero-order valence-corrected chi connectivity index (χ0v) is 8.47. The average Bonchev–Trinajstić information content (AvgIpc) is 2.59. The molecule has 3 nitrogen and oxygen atoms in total. The van der Waals surface area contributed by atoms with Gasteiger partial charge >= 0.3 is 5.97 Å². The highest BCUT2D eigenvalue weighted by Gasteiger charge is 2.11. The molecule has 0 spiro atoms. The van der Waals surface area contributed by atoms with Gasteiger partial charge in [0.25, 0.3) is 0 Å². The Morgan fingerprint density at radius 2 is 2.36 bits per heavy atom. The van der Waals surface area contributed by atoms with E-state index in [2.05, 4.69) is 4.98 Å². The first-order valence-electron chi connectivity index (χ1n) is 4.34. The first-order chi connectivity index (χ1) is 6.72. The van der Waals surface area contributed by atoms with Gasteiger partial charge in [0, 0.05) is 0 Å². The fourth-order valence-electron chi connectivity index (χ4n) is 1.32. The molecule has 14 heavy (non-hydrogen) atoms. The number of nitrogens with zero attached hydrogens (tertiary/aromatic N) is 1. The van der Waals surface area contributed by atoms with Crippen molar-refractivity contribution in [3.05, 3.63) is 28.8 Å². The van der Waals surface area contributed by atoms with E-state index in [1.807, 2.05) is 13.0 Å². The van der Waals surface area contributed by atoms with Crippen LogP contribution in [0.5, 0.6) is 0 Å². The number of carboxylic acids is 1. The molecule has 0 fully saturated rings. The van der Waals surface area contributed by atoms with Crippen molar-refractivity contribution < 1.29 is 9.90 Å². The fraction of sp³-hybridized carbons (Fsp3) is 0.200. The third-order valence-corrected chi connectivity index (χ3v) is 3.16. The Bertz CT molecular complexity index is 490. The number of hydrogen-bond acceptors (Lipinski definition) is 3. The van der Waals surface area contributed by atoms with Crippen LogP contribution in [-0.4, -0.2) is 16.1 Å². The number of aryl methyl sites for hydroxylation is 1. The Hall–Kier alpha value is -1.42. The third kappa shape index (κ3) is 1.37. The summed E-state index contributed by atoms with van der Waals surface area (Å²) in [6.07, 6.45) is 0.846. The predicted octanol–water partition coefficient (Wildman–Crippen LogP) is 2.56. The van der Waals surface area contributed by atoms with Gasteiger partial charge in [-0.15, -0.1) is 11.3 Å². The number of thiazole rings is 1. The molecule has 72 valence electrons. The molecule has 0 bridgehead atoms. The van der Waals surface area contributed by atoms with E-state index in [1.54, 1.807) is 23.5 Å². The minimum absolute atomic E-state index is 0.290. The zero-order chi connectivity index (χ0) is 10.1. The number of carboxylic acid groups (broad SMARTS) is 1.